The van der Waals surface area contributed by atoms with Gasteiger partial charge in [0.25, 0.3) is 10.2 Å². The minimum Gasteiger partial charge on any atom is -0.396 e. The molecule has 1 aliphatic heterocycles. The lowest BCUT2D eigenvalue weighted by atomic mass is 10.0. The van der Waals surface area contributed by atoms with E-state index in [0.717, 1.165) is 38.5 Å². The van der Waals surface area contributed by atoms with Gasteiger partial charge < -0.3 is 5.11 Å². The van der Waals surface area contributed by atoms with E-state index in [2.05, 4.69) is 0 Å². The molecule has 0 aromatic heterocycles. The molecule has 0 radical (unpaired) electrons. The molecule has 1 heterocycles. The highest BCUT2D eigenvalue weighted by molar-refractivity contribution is 7.86. The molecule has 106 valence electrons. The Hall–Kier alpha value is -0.170. The molecule has 2 aliphatic rings. The molecular formula is C12H24N2O3S. The first kappa shape index (κ1) is 14.2. The molecule has 2 rings (SSSR count). The van der Waals surface area contributed by atoms with E-state index in [9.17, 15) is 13.5 Å². The van der Waals surface area contributed by atoms with Crippen LogP contribution in [-0.4, -0.2) is 54.9 Å². The van der Waals surface area contributed by atoms with E-state index in [0.29, 0.717) is 13.1 Å². The van der Waals surface area contributed by atoms with Crippen LogP contribution in [0.2, 0.25) is 0 Å². The Morgan fingerprint density at radius 3 is 2.50 bits per heavy atom. The van der Waals surface area contributed by atoms with Crippen molar-refractivity contribution in [3.8, 4) is 0 Å². The lowest BCUT2D eigenvalue weighted by molar-refractivity contribution is 0.160. The Balaban J connectivity index is 2.04. The number of rotatable bonds is 4. The smallest absolute Gasteiger partial charge is 0.281 e. The van der Waals surface area contributed by atoms with Gasteiger partial charge in [-0.25, -0.2) is 0 Å². The quantitative estimate of drug-likeness (QED) is 0.826. The Morgan fingerprint density at radius 2 is 1.89 bits per heavy atom. The van der Waals surface area contributed by atoms with E-state index in [1.807, 2.05) is 0 Å². The molecule has 2 fully saturated rings. The summed E-state index contributed by atoms with van der Waals surface area (Å²) < 4.78 is 28.1. The van der Waals surface area contributed by atoms with Gasteiger partial charge >= 0.3 is 0 Å². The van der Waals surface area contributed by atoms with Crippen LogP contribution < -0.4 is 0 Å². The molecule has 5 nitrogen and oxygen atoms in total. The highest BCUT2D eigenvalue weighted by Gasteiger charge is 2.35. The van der Waals surface area contributed by atoms with Crippen molar-refractivity contribution in [3.05, 3.63) is 0 Å². The maximum Gasteiger partial charge on any atom is 0.281 e. The second kappa shape index (κ2) is 5.86. The molecule has 0 spiro atoms. The summed E-state index contributed by atoms with van der Waals surface area (Å²) in [4.78, 5) is 0. The van der Waals surface area contributed by atoms with E-state index >= 15 is 0 Å². The van der Waals surface area contributed by atoms with Crippen LogP contribution in [0.4, 0.5) is 0 Å². The summed E-state index contributed by atoms with van der Waals surface area (Å²) >= 11 is 0. The third-order valence-electron chi connectivity index (χ3n) is 4.27. The number of hydrogen-bond acceptors (Lipinski definition) is 3. The fourth-order valence-electron chi connectivity index (χ4n) is 3.02. The van der Waals surface area contributed by atoms with Crippen LogP contribution in [-0.2, 0) is 10.2 Å². The molecule has 1 saturated carbocycles. The Bertz CT molecular complexity index is 366. The lowest BCUT2D eigenvalue weighted by Gasteiger charge is -2.35. The summed E-state index contributed by atoms with van der Waals surface area (Å²) in [6.07, 6.45) is 5.99. The maximum absolute atomic E-state index is 12.5. The topological polar surface area (TPSA) is 60.9 Å². The van der Waals surface area contributed by atoms with Crippen LogP contribution >= 0.6 is 0 Å². The number of nitrogens with zero attached hydrogens (tertiary/aromatic N) is 2. The molecule has 0 aromatic rings. The molecule has 1 saturated heterocycles. The van der Waals surface area contributed by atoms with E-state index in [4.69, 9.17) is 0 Å². The summed E-state index contributed by atoms with van der Waals surface area (Å²) in [5.74, 6) is 0.102. The molecule has 1 aliphatic carbocycles. The first-order valence-corrected chi connectivity index (χ1v) is 8.29. The zero-order chi connectivity index (χ0) is 13.2. The van der Waals surface area contributed by atoms with Crippen molar-refractivity contribution < 1.29 is 13.5 Å². The average Bonchev–Trinajstić information content (AvgIpc) is 2.91. The molecule has 0 bridgehead atoms. The molecule has 0 aromatic carbocycles. The monoisotopic (exact) mass is 276 g/mol. The minimum absolute atomic E-state index is 0.0825. The number of aliphatic hydroxyl groups is 1. The van der Waals surface area contributed by atoms with Gasteiger partial charge in [-0.05, 0) is 31.6 Å². The SMILES string of the molecule is CN(C1CCCC1)S(=O)(=O)N1CCCC(CO)C1. The molecule has 1 unspecified atom stereocenters. The molecular weight excluding hydrogens is 252 g/mol. The Labute approximate surface area is 110 Å². The van der Waals surface area contributed by atoms with Crippen molar-refractivity contribution in [2.75, 3.05) is 26.7 Å². The Morgan fingerprint density at radius 1 is 1.22 bits per heavy atom. The summed E-state index contributed by atoms with van der Waals surface area (Å²) in [7, 11) is -1.63. The van der Waals surface area contributed by atoms with Crippen molar-refractivity contribution in [1.82, 2.24) is 8.61 Å². The zero-order valence-corrected chi connectivity index (χ0v) is 11.9. The molecule has 6 heteroatoms. The van der Waals surface area contributed by atoms with E-state index in [-0.39, 0.29) is 18.6 Å². The van der Waals surface area contributed by atoms with Crippen LogP contribution in [0.1, 0.15) is 38.5 Å². The van der Waals surface area contributed by atoms with Crippen molar-refractivity contribution in [1.29, 1.82) is 0 Å². The van der Waals surface area contributed by atoms with Gasteiger partial charge in [0.2, 0.25) is 0 Å². The molecule has 18 heavy (non-hydrogen) atoms. The van der Waals surface area contributed by atoms with Crippen molar-refractivity contribution >= 4 is 10.2 Å². The van der Waals surface area contributed by atoms with Gasteiger partial charge in [-0.2, -0.15) is 17.0 Å². The average molecular weight is 276 g/mol. The predicted molar refractivity (Wildman–Crippen MR) is 70.3 cm³/mol. The van der Waals surface area contributed by atoms with E-state index in [1.54, 1.807) is 15.7 Å². The van der Waals surface area contributed by atoms with E-state index < -0.39 is 10.2 Å². The fraction of sp³-hybridized carbons (Fsp3) is 1.00. The van der Waals surface area contributed by atoms with Gasteiger partial charge in [0.05, 0.1) is 0 Å². The van der Waals surface area contributed by atoms with Gasteiger partial charge in [-0.15, -0.1) is 0 Å². The third kappa shape index (κ3) is 2.87. The van der Waals surface area contributed by atoms with Gasteiger partial charge in [0.15, 0.2) is 0 Å². The van der Waals surface area contributed by atoms with Gasteiger partial charge in [-0.1, -0.05) is 12.8 Å². The zero-order valence-electron chi connectivity index (χ0n) is 11.1. The van der Waals surface area contributed by atoms with Crippen molar-refractivity contribution in [2.24, 2.45) is 5.92 Å². The van der Waals surface area contributed by atoms with Crippen LogP contribution in [0.25, 0.3) is 0 Å². The van der Waals surface area contributed by atoms with Crippen molar-refractivity contribution in [3.63, 3.8) is 0 Å². The standard InChI is InChI=1S/C12H24N2O3S/c1-13(12-6-2-3-7-12)18(16,17)14-8-4-5-11(9-14)10-15/h11-12,15H,2-10H2,1H3. The summed E-state index contributed by atoms with van der Waals surface area (Å²) in [6.45, 7) is 1.14. The predicted octanol–water partition coefficient (Wildman–Crippen LogP) is 0.810. The van der Waals surface area contributed by atoms with Gasteiger partial charge in [-0.3, -0.25) is 0 Å². The minimum atomic E-state index is -3.33. The van der Waals surface area contributed by atoms with Gasteiger partial charge in [0, 0.05) is 32.8 Å². The highest BCUT2D eigenvalue weighted by atomic mass is 32.2. The normalized spacial score (nSPS) is 28.1. The molecule has 0 amide bonds. The first-order chi connectivity index (χ1) is 8.55. The summed E-state index contributed by atoms with van der Waals surface area (Å²) in [5, 5.41) is 9.19. The van der Waals surface area contributed by atoms with Gasteiger partial charge in [0.1, 0.15) is 0 Å². The summed E-state index contributed by atoms with van der Waals surface area (Å²) in [6, 6.07) is 0.171. The number of hydrogen-bond donors (Lipinski definition) is 1. The van der Waals surface area contributed by atoms with Crippen molar-refractivity contribution in [2.45, 2.75) is 44.6 Å². The largest absolute Gasteiger partial charge is 0.396 e. The third-order valence-corrected chi connectivity index (χ3v) is 6.28. The number of piperidine rings is 1. The number of aliphatic hydroxyl groups excluding tert-OH is 1. The van der Waals surface area contributed by atoms with Crippen LogP contribution in [0.3, 0.4) is 0 Å². The second-order valence-electron chi connectivity index (χ2n) is 5.51. The molecule has 1 N–H and O–H groups in total. The Kier molecular flexibility index (Phi) is 4.64. The maximum atomic E-state index is 12.5. The highest BCUT2D eigenvalue weighted by Crippen LogP contribution is 2.27. The van der Waals surface area contributed by atoms with E-state index in [1.165, 1.54) is 0 Å². The summed E-state index contributed by atoms with van der Waals surface area (Å²) in [5.41, 5.74) is 0. The van der Waals surface area contributed by atoms with Crippen LogP contribution in [0.15, 0.2) is 0 Å². The lowest BCUT2D eigenvalue weighted by Crippen LogP contribution is -2.49. The first-order valence-electron chi connectivity index (χ1n) is 6.89. The van der Waals surface area contributed by atoms with Crippen LogP contribution in [0.5, 0.6) is 0 Å². The molecule has 1 atom stereocenters. The second-order valence-corrected chi connectivity index (χ2v) is 7.50. The van der Waals surface area contributed by atoms with Crippen LogP contribution in [0, 0.1) is 5.92 Å². The fourth-order valence-corrected chi connectivity index (χ4v) is 4.73.